The molecule has 1 aromatic rings. The van der Waals surface area contributed by atoms with Crippen molar-refractivity contribution in [2.45, 2.75) is 6.04 Å². The maximum absolute atomic E-state index is 11.3. The number of nitrogens with two attached hydrogens (primary N) is 1. The Kier molecular flexibility index (Phi) is 4.36. The molecular weight excluding hydrogens is 332 g/mol. The Morgan fingerprint density at radius 3 is 2.79 bits per heavy atom. The lowest BCUT2D eigenvalue weighted by atomic mass is 10.1. The maximum atomic E-state index is 11.3. The van der Waals surface area contributed by atoms with Crippen molar-refractivity contribution in [3.63, 3.8) is 0 Å². The number of hydrogen-bond donors (Lipinski definition) is 2. The number of nitrogens with zero attached hydrogens (tertiary/aromatic N) is 1. The second-order valence-electron chi connectivity index (χ2n) is 4.15. The largest absolute Gasteiger partial charge is 0.480 e. The molecule has 0 aromatic heterocycles. The molecule has 0 bridgehead atoms. The van der Waals surface area contributed by atoms with Gasteiger partial charge in [0.2, 0.25) is 5.91 Å². The quantitative estimate of drug-likeness (QED) is 0.869. The molecule has 0 aliphatic carbocycles. The Bertz CT molecular complexity index is 524. The first-order valence-corrected chi connectivity index (χ1v) is 7.62. The average Bonchev–Trinajstić information content (AvgIpc) is 2.38. The number of halogens is 1. The molecule has 1 aliphatic rings. The van der Waals surface area contributed by atoms with Crippen molar-refractivity contribution in [3.05, 3.63) is 28.2 Å². The topological polar surface area (TPSA) is 83.6 Å². The normalized spacial score (nSPS) is 19.2. The summed E-state index contributed by atoms with van der Waals surface area (Å²) >= 11 is 4.92. The molecule has 1 heterocycles. The predicted molar refractivity (Wildman–Crippen MR) is 78.8 cm³/mol. The van der Waals surface area contributed by atoms with Crippen LogP contribution in [0.15, 0.2) is 22.7 Å². The van der Waals surface area contributed by atoms with Gasteiger partial charge in [-0.1, -0.05) is 0 Å². The lowest BCUT2D eigenvalue weighted by Gasteiger charge is -2.34. The fraction of sp³-hybridized carbons (Fsp3) is 0.333. The molecule has 1 aliphatic heterocycles. The highest BCUT2D eigenvalue weighted by atomic mass is 79.9. The van der Waals surface area contributed by atoms with Gasteiger partial charge in [-0.3, -0.25) is 4.79 Å². The lowest BCUT2D eigenvalue weighted by Crippen LogP contribution is -2.47. The molecule has 102 valence electrons. The summed E-state index contributed by atoms with van der Waals surface area (Å²) in [7, 11) is 0. The summed E-state index contributed by atoms with van der Waals surface area (Å²) in [6, 6.07) is 4.55. The van der Waals surface area contributed by atoms with Crippen molar-refractivity contribution in [1.29, 1.82) is 0 Å². The standard InChI is InChI=1S/C12H13BrN2O3S/c13-9-5-7(1-2-8(9)11(14)16)15-3-4-19-6-10(15)12(17)18/h1-2,5,10H,3-4,6H2,(H2,14,16)(H,17,18). The number of carboxylic acid groups (broad SMARTS) is 1. The molecule has 5 nitrogen and oxygen atoms in total. The minimum Gasteiger partial charge on any atom is -0.480 e. The zero-order chi connectivity index (χ0) is 14.0. The fourth-order valence-corrected chi connectivity index (χ4v) is 3.60. The van der Waals surface area contributed by atoms with Crippen LogP contribution >= 0.6 is 27.7 Å². The molecule has 1 unspecified atom stereocenters. The summed E-state index contributed by atoms with van der Waals surface area (Å²) in [6.45, 7) is 0.671. The van der Waals surface area contributed by atoms with E-state index in [1.54, 1.807) is 30.0 Å². The Hall–Kier alpha value is -1.21. The van der Waals surface area contributed by atoms with Crippen LogP contribution in [-0.2, 0) is 4.79 Å². The highest BCUT2D eigenvalue weighted by molar-refractivity contribution is 9.10. The number of carboxylic acids is 1. The van der Waals surface area contributed by atoms with Crippen LogP contribution in [0.5, 0.6) is 0 Å². The summed E-state index contributed by atoms with van der Waals surface area (Å²) in [5.41, 5.74) is 6.41. The molecule has 1 amide bonds. The number of rotatable bonds is 3. The number of hydrogen-bond acceptors (Lipinski definition) is 4. The first-order chi connectivity index (χ1) is 9.00. The third-order valence-corrected chi connectivity index (χ3v) is 4.64. The van der Waals surface area contributed by atoms with Crippen molar-refractivity contribution in [1.82, 2.24) is 0 Å². The summed E-state index contributed by atoms with van der Waals surface area (Å²) < 4.78 is 0.583. The first kappa shape index (κ1) is 14.2. The van der Waals surface area contributed by atoms with Crippen LogP contribution in [0.4, 0.5) is 5.69 Å². The summed E-state index contributed by atoms with van der Waals surface area (Å²) in [5, 5.41) is 9.24. The first-order valence-electron chi connectivity index (χ1n) is 5.67. The van der Waals surface area contributed by atoms with Crippen LogP contribution in [0.2, 0.25) is 0 Å². The monoisotopic (exact) mass is 344 g/mol. The second kappa shape index (κ2) is 5.83. The van der Waals surface area contributed by atoms with Gasteiger partial charge >= 0.3 is 5.97 Å². The summed E-state index contributed by atoms with van der Waals surface area (Å²) in [4.78, 5) is 24.3. The van der Waals surface area contributed by atoms with Crippen molar-refractivity contribution < 1.29 is 14.7 Å². The van der Waals surface area contributed by atoms with E-state index in [0.717, 1.165) is 11.4 Å². The van der Waals surface area contributed by atoms with Crippen molar-refractivity contribution in [2.24, 2.45) is 5.73 Å². The number of aliphatic carboxylic acids is 1. The van der Waals surface area contributed by atoms with E-state index in [2.05, 4.69) is 15.9 Å². The number of primary amides is 1. The van der Waals surface area contributed by atoms with Gasteiger partial charge in [-0.15, -0.1) is 0 Å². The molecule has 0 spiro atoms. The highest BCUT2D eigenvalue weighted by Crippen LogP contribution is 2.28. The molecule has 0 saturated carbocycles. The third kappa shape index (κ3) is 3.03. The van der Waals surface area contributed by atoms with Crippen LogP contribution in [-0.4, -0.2) is 41.1 Å². The van der Waals surface area contributed by atoms with Gasteiger partial charge in [-0.2, -0.15) is 11.8 Å². The number of anilines is 1. The van der Waals surface area contributed by atoms with E-state index < -0.39 is 17.9 Å². The molecule has 3 N–H and O–H groups in total. The van der Waals surface area contributed by atoms with Crippen molar-refractivity contribution >= 4 is 45.3 Å². The fourth-order valence-electron chi connectivity index (χ4n) is 2.00. The Labute approximate surface area is 123 Å². The van der Waals surface area contributed by atoms with Crippen molar-refractivity contribution in [2.75, 3.05) is 23.0 Å². The molecule has 7 heteroatoms. The maximum Gasteiger partial charge on any atom is 0.327 e. The van der Waals surface area contributed by atoms with Crippen LogP contribution in [0.3, 0.4) is 0 Å². The van der Waals surface area contributed by atoms with Gasteiger partial charge in [0.15, 0.2) is 0 Å². The van der Waals surface area contributed by atoms with Gasteiger partial charge in [-0.25, -0.2) is 4.79 Å². The molecule has 2 rings (SSSR count). The van der Waals surface area contributed by atoms with Crippen LogP contribution < -0.4 is 10.6 Å². The SMILES string of the molecule is NC(=O)c1ccc(N2CCSCC2C(=O)O)cc1Br. The number of benzene rings is 1. The van der Waals surface area contributed by atoms with E-state index >= 15 is 0 Å². The molecule has 1 saturated heterocycles. The molecule has 19 heavy (non-hydrogen) atoms. The summed E-state index contributed by atoms with van der Waals surface area (Å²) in [6.07, 6.45) is 0. The molecule has 1 atom stereocenters. The average molecular weight is 345 g/mol. The van der Waals surface area contributed by atoms with Gasteiger partial charge < -0.3 is 15.7 Å². The zero-order valence-electron chi connectivity index (χ0n) is 10.0. The van der Waals surface area contributed by atoms with E-state index in [-0.39, 0.29) is 0 Å². The van der Waals surface area contributed by atoms with Gasteiger partial charge in [-0.05, 0) is 34.1 Å². The van der Waals surface area contributed by atoms with Gasteiger partial charge in [0.05, 0.1) is 5.56 Å². The molecule has 1 aromatic carbocycles. The number of amides is 1. The van der Waals surface area contributed by atoms with E-state index in [4.69, 9.17) is 5.73 Å². The third-order valence-electron chi connectivity index (χ3n) is 2.96. The van der Waals surface area contributed by atoms with E-state index in [9.17, 15) is 14.7 Å². The van der Waals surface area contributed by atoms with Crippen molar-refractivity contribution in [3.8, 4) is 0 Å². The van der Waals surface area contributed by atoms with Gasteiger partial charge in [0.1, 0.15) is 6.04 Å². The van der Waals surface area contributed by atoms with E-state index in [0.29, 0.717) is 22.3 Å². The van der Waals surface area contributed by atoms with E-state index in [1.807, 2.05) is 4.90 Å². The number of thioether (sulfide) groups is 1. The lowest BCUT2D eigenvalue weighted by molar-refractivity contribution is -0.138. The minimum absolute atomic E-state index is 0.391. The Balaban J connectivity index is 2.32. The zero-order valence-corrected chi connectivity index (χ0v) is 12.4. The van der Waals surface area contributed by atoms with Gasteiger partial charge in [0.25, 0.3) is 0 Å². The number of carbonyl (C=O) groups is 2. The van der Waals surface area contributed by atoms with Crippen LogP contribution in [0.25, 0.3) is 0 Å². The predicted octanol–water partition coefficient (Wildman–Crippen LogP) is 1.55. The van der Waals surface area contributed by atoms with Gasteiger partial charge in [0, 0.05) is 28.2 Å². The second-order valence-corrected chi connectivity index (χ2v) is 6.15. The minimum atomic E-state index is -0.831. The molecule has 1 fully saturated rings. The van der Waals surface area contributed by atoms with E-state index in [1.165, 1.54) is 0 Å². The highest BCUT2D eigenvalue weighted by Gasteiger charge is 2.29. The smallest absolute Gasteiger partial charge is 0.327 e. The molecular formula is C12H13BrN2O3S. The number of carbonyl (C=O) groups excluding carboxylic acids is 1. The van der Waals surface area contributed by atoms with Crippen LogP contribution in [0, 0.1) is 0 Å². The van der Waals surface area contributed by atoms with Crippen LogP contribution in [0.1, 0.15) is 10.4 Å². The Morgan fingerprint density at radius 2 is 2.21 bits per heavy atom. The molecule has 0 radical (unpaired) electrons. The Morgan fingerprint density at radius 1 is 1.47 bits per heavy atom. The summed E-state index contributed by atoms with van der Waals surface area (Å²) in [5.74, 6) is 0.105.